The van der Waals surface area contributed by atoms with Crippen molar-refractivity contribution in [1.82, 2.24) is 0 Å². The summed E-state index contributed by atoms with van der Waals surface area (Å²) in [5, 5.41) is 8.03. The summed E-state index contributed by atoms with van der Waals surface area (Å²) in [4.78, 5) is 10.1. The molecule has 0 saturated heterocycles. The summed E-state index contributed by atoms with van der Waals surface area (Å²) in [6, 6.07) is 1.67. The van der Waals surface area contributed by atoms with Crippen LogP contribution in [0.4, 0.5) is 0 Å². The number of nitrogens with two attached hydrogens (primary N) is 1. The first-order valence-corrected chi connectivity index (χ1v) is 4.66. The van der Waals surface area contributed by atoms with Gasteiger partial charge < -0.3 is 5.73 Å². The number of hydrogen-bond donors (Lipinski definition) is 1. The Morgan fingerprint density at radius 1 is 1.55 bits per heavy atom. The van der Waals surface area contributed by atoms with Gasteiger partial charge in [0.25, 0.3) is 0 Å². The minimum Gasteiger partial charge on any atom is -0.369 e. The molecule has 0 bridgehead atoms. The van der Waals surface area contributed by atoms with E-state index in [0.29, 0.717) is 0 Å². The Morgan fingerprint density at radius 3 is 2.45 bits per heavy atom. The van der Waals surface area contributed by atoms with E-state index in [1.54, 1.807) is 6.07 Å². The normalized spacial score (nSPS) is 10.5. The number of amides is 1. The fraction of sp³-hybridized carbons (Fsp3) is 0.600. The minimum atomic E-state index is -3.44. The van der Waals surface area contributed by atoms with Crippen LogP contribution in [0.15, 0.2) is 0 Å². The van der Waals surface area contributed by atoms with Crippen LogP contribution in [0.25, 0.3) is 0 Å². The van der Waals surface area contributed by atoms with Crippen molar-refractivity contribution < 1.29 is 13.2 Å². The highest BCUT2D eigenvalue weighted by Crippen LogP contribution is 1.91. The molecule has 0 aliphatic carbocycles. The Hall–Kier alpha value is -1.09. The molecule has 0 radical (unpaired) electrons. The number of nitriles is 1. The number of hydrogen-bond acceptors (Lipinski definition) is 4. The van der Waals surface area contributed by atoms with Crippen LogP contribution in [-0.4, -0.2) is 25.8 Å². The van der Waals surface area contributed by atoms with Crippen molar-refractivity contribution in [1.29, 1.82) is 5.26 Å². The van der Waals surface area contributed by atoms with Crippen molar-refractivity contribution in [2.75, 3.05) is 11.5 Å². The summed E-state index contributed by atoms with van der Waals surface area (Å²) < 4.78 is 21.5. The Kier molecular flexibility index (Phi) is 3.54. The standard InChI is InChI=1S/C5H8N2O3S/c6-2-1-3-11(9,10)4-5(7)8/h1,3-4H2,(H2,7,8). The molecule has 0 aromatic heterocycles. The molecule has 2 N–H and O–H groups in total. The smallest absolute Gasteiger partial charge is 0.232 e. The van der Waals surface area contributed by atoms with E-state index in [9.17, 15) is 13.2 Å². The van der Waals surface area contributed by atoms with Crippen LogP contribution in [0.5, 0.6) is 0 Å². The Balaban J connectivity index is 4.05. The van der Waals surface area contributed by atoms with Gasteiger partial charge in [0.1, 0.15) is 5.75 Å². The van der Waals surface area contributed by atoms with Crippen LogP contribution in [0.2, 0.25) is 0 Å². The summed E-state index contributed by atoms with van der Waals surface area (Å²) in [6.45, 7) is 0. The lowest BCUT2D eigenvalue weighted by atomic mass is 10.6. The van der Waals surface area contributed by atoms with E-state index in [4.69, 9.17) is 5.26 Å². The molecule has 0 fully saturated rings. The topological polar surface area (TPSA) is 101 Å². The van der Waals surface area contributed by atoms with Gasteiger partial charge in [-0.25, -0.2) is 8.42 Å². The van der Waals surface area contributed by atoms with Gasteiger partial charge in [-0.2, -0.15) is 5.26 Å². The Morgan fingerprint density at radius 2 is 2.09 bits per heavy atom. The maximum Gasteiger partial charge on any atom is 0.232 e. The fourth-order valence-corrected chi connectivity index (χ4v) is 1.47. The van der Waals surface area contributed by atoms with Crippen molar-refractivity contribution in [3.63, 3.8) is 0 Å². The first-order valence-electron chi connectivity index (χ1n) is 2.83. The van der Waals surface area contributed by atoms with Crippen molar-refractivity contribution in [3.8, 4) is 6.07 Å². The average Bonchev–Trinajstić information content (AvgIpc) is 1.81. The molecule has 0 unspecified atom stereocenters. The van der Waals surface area contributed by atoms with Crippen molar-refractivity contribution >= 4 is 15.7 Å². The molecule has 0 saturated carbocycles. The number of rotatable bonds is 4. The zero-order valence-corrected chi connectivity index (χ0v) is 6.60. The van der Waals surface area contributed by atoms with Crippen molar-refractivity contribution in [2.45, 2.75) is 6.42 Å². The molecule has 1 amide bonds. The summed E-state index contributed by atoms with van der Waals surface area (Å²) in [5.41, 5.74) is 4.65. The third-order valence-electron chi connectivity index (χ3n) is 0.887. The van der Waals surface area contributed by atoms with Crippen LogP contribution < -0.4 is 5.73 Å². The van der Waals surface area contributed by atoms with Crippen molar-refractivity contribution in [2.24, 2.45) is 5.73 Å². The van der Waals surface area contributed by atoms with E-state index in [2.05, 4.69) is 5.73 Å². The lowest BCUT2D eigenvalue weighted by molar-refractivity contribution is -0.115. The molecule has 11 heavy (non-hydrogen) atoms. The number of carbonyl (C=O) groups excluding carboxylic acids is 1. The first-order chi connectivity index (χ1) is 4.98. The van der Waals surface area contributed by atoms with E-state index in [-0.39, 0.29) is 12.2 Å². The molecule has 0 aliphatic heterocycles. The molecule has 0 heterocycles. The van der Waals surface area contributed by atoms with Gasteiger partial charge >= 0.3 is 0 Å². The fourth-order valence-electron chi connectivity index (χ4n) is 0.490. The van der Waals surface area contributed by atoms with Crippen LogP contribution >= 0.6 is 0 Å². The molecular weight excluding hydrogens is 168 g/mol. The lowest BCUT2D eigenvalue weighted by Crippen LogP contribution is -2.24. The second-order valence-electron chi connectivity index (χ2n) is 1.97. The molecule has 0 aromatic carbocycles. The molecule has 6 heteroatoms. The van der Waals surface area contributed by atoms with Gasteiger partial charge in [-0.3, -0.25) is 4.79 Å². The molecule has 0 spiro atoms. The molecule has 0 atom stereocenters. The van der Waals surface area contributed by atoms with Gasteiger partial charge in [0.05, 0.1) is 11.8 Å². The highest BCUT2D eigenvalue weighted by atomic mass is 32.2. The van der Waals surface area contributed by atoms with Crippen molar-refractivity contribution in [3.05, 3.63) is 0 Å². The Labute approximate surface area is 64.7 Å². The van der Waals surface area contributed by atoms with E-state index in [1.807, 2.05) is 0 Å². The van der Waals surface area contributed by atoms with Gasteiger partial charge in [0.2, 0.25) is 5.91 Å². The van der Waals surface area contributed by atoms with Crippen LogP contribution in [0.3, 0.4) is 0 Å². The van der Waals surface area contributed by atoms with Gasteiger partial charge in [0.15, 0.2) is 9.84 Å². The predicted octanol–water partition coefficient (Wildman–Crippen LogP) is -1.20. The quantitative estimate of drug-likeness (QED) is 0.581. The van der Waals surface area contributed by atoms with E-state index < -0.39 is 21.5 Å². The molecule has 5 nitrogen and oxygen atoms in total. The zero-order valence-electron chi connectivity index (χ0n) is 5.78. The summed E-state index contributed by atoms with van der Waals surface area (Å²) in [7, 11) is -3.44. The maximum atomic E-state index is 10.7. The third-order valence-corrected chi connectivity index (χ3v) is 2.44. The minimum absolute atomic E-state index is 0.102. The average molecular weight is 176 g/mol. The number of nitrogens with zero attached hydrogens (tertiary/aromatic N) is 1. The molecule has 0 rings (SSSR count). The van der Waals surface area contributed by atoms with Gasteiger partial charge in [-0.15, -0.1) is 0 Å². The monoisotopic (exact) mass is 176 g/mol. The van der Waals surface area contributed by atoms with E-state index in [1.165, 1.54) is 0 Å². The predicted molar refractivity (Wildman–Crippen MR) is 38.1 cm³/mol. The summed E-state index contributed by atoms with van der Waals surface area (Å²) >= 11 is 0. The SMILES string of the molecule is N#CCCS(=O)(=O)CC(N)=O. The number of carbonyl (C=O) groups is 1. The van der Waals surface area contributed by atoms with Gasteiger partial charge in [-0.05, 0) is 0 Å². The number of primary amides is 1. The van der Waals surface area contributed by atoms with E-state index in [0.717, 1.165) is 0 Å². The zero-order chi connectivity index (χ0) is 8.91. The molecule has 0 aliphatic rings. The largest absolute Gasteiger partial charge is 0.369 e. The second kappa shape index (κ2) is 3.93. The molecule has 62 valence electrons. The van der Waals surface area contributed by atoms with Crippen LogP contribution in [0, 0.1) is 11.3 Å². The third kappa shape index (κ3) is 5.36. The Bertz CT molecular complexity index is 275. The maximum absolute atomic E-state index is 10.7. The second-order valence-corrected chi connectivity index (χ2v) is 4.15. The van der Waals surface area contributed by atoms with Gasteiger partial charge in [0, 0.05) is 6.42 Å². The highest BCUT2D eigenvalue weighted by Gasteiger charge is 2.13. The van der Waals surface area contributed by atoms with Gasteiger partial charge in [-0.1, -0.05) is 0 Å². The number of sulfone groups is 1. The molecular formula is C5H8N2O3S. The van der Waals surface area contributed by atoms with E-state index >= 15 is 0 Å². The summed E-state index contributed by atoms with van der Waals surface area (Å²) in [6.07, 6.45) is -0.102. The first kappa shape index (κ1) is 9.91. The highest BCUT2D eigenvalue weighted by molar-refractivity contribution is 7.92. The van der Waals surface area contributed by atoms with Crippen LogP contribution in [-0.2, 0) is 14.6 Å². The lowest BCUT2D eigenvalue weighted by Gasteiger charge is -1.95. The summed E-state index contributed by atoms with van der Waals surface area (Å²) in [5.74, 6) is -1.86. The molecule has 0 aromatic rings. The van der Waals surface area contributed by atoms with Crippen LogP contribution in [0.1, 0.15) is 6.42 Å².